The Morgan fingerprint density at radius 3 is 2.42 bits per heavy atom. The van der Waals surface area contributed by atoms with Crippen molar-refractivity contribution in [2.75, 3.05) is 18.0 Å². The van der Waals surface area contributed by atoms with E-state index >= 15 is 4.39 Å². The molecule has 1 aromatic carbocycles. The van der Waals surface area contributed by atoms with Crippen molar-refractivity contribution in [2.24, 2.45) is 5.92 Å². The van der Waals surface area contributed by atoms with Gasteiger partial charge < -0.3 is 10.0 Å². The highest BCUT2D eigenvalue weighted by molar-refractivity contribution is 6.31. The molecular weight excluding hydrogens is 534 g/mol. The van der Waals surface area contributed by atoms with Crippen LogP contribution in [0.4, 0.5) is 14.6 Å². The number of aryl methyl sites for hydroxylation is 2. The predicted molar refractivity (Wildman–Crippen MR) is 151 cm³/mol. The molecule has 6 rings (SSSR count). The summed E-state index contributed by atoms with van der Waals surface area (Å²) in [6.07, 6.45) is 3.12. The van der Waals surface area contributed by atoms with Gasteiger partial charge in [-0.05, 0) is 85.5 Å². The number of rotatable bonds is 5. The summed E-state index contributed by atoms with van der Waals surface area (Å²) in [4.78, 5) is 24.0. The lowest BCUT2D eigenvalue weighted by atomic mass is 9.96. The molecule has 1 aliphatic heterocycles. The number of benzene rings is 1. The van der Waals surface area contributed by atoms with Gasteiger partial charge in [-0.1, -0.05) is 30.7 Å². The summed E-state index contributed by atoms with van der Waals surface area (Å²) in [5, 5.41) is 10.2. The van der Waals surface area contributed by atoms with Crippen LogP contribution in [0.5, 0.6) is 0 Å². The molecule has 3 unspecified atom stereocenters. The van der Waals surface area contributed by atoms with Crippen LogP contribution < -0.4 is 10.5 Å². The summed E-state index contributed by atoms with van der Waals surface area (Å²) >= 11 is 6.73. The van der Waals surface area contributed by atoms with E-state index in [2.05, 4.69) is 16.9 Å². The first-order chi connectivity index (χ1) is 19.0. The molecule has 2 aliphatic rings. The van der Waals surface area contributed by atoms with E-state index in [9.17, 15) is 14.3 Å². The average molecular weight is 563 g/mol. The standard InChI is InChI=1S/C31H29ClF2N4O2/c1-16-13-36-23(21-9-10-35-29(28(21)34)37-14-31(4,40)15-37)12-24(16)38-17(2)11-22(27(32)30(38)39)26-18(3)25(26)19-5-7-20(33)8-6-19/h5-13,18,25-26,40H,14-15H2,1-4H3. The van der Waals surface area contributed by atoms with Crippen molar-refractivity contribution in [1.29, 1.82) is 0 Å². The smallest absolute Gasteiger partial charge is 0.274 e. The molecule has 40 heavy (non-hydrogen) atoms. The Morgan fingerprint density at radius 1 is 1.05 bits per heavy atom. The Labute approximate surface area is 235 Å². The fourth-order valence-electron chi connectivity index (χ4n) is 6.09. The average Bonchev–Trinajstić information content (AvgIpc) is 3.56. The van der Waals surface area contributed by atoms with Gasteiger partial charge in [0, 0.05) is 36.7 Å². The van der Waals surface area contributed by atoms with Crippen LogP contribution >= 0.6 is 11.6 Å². The predicted octanol–water partition coefficient (Wildman–Crippen LogP) is 5.93. The monoisotopic (exact) mass is 562 g/mol. The van der Waals surface area contributed by atoms with E-state index in [0.717, 1.165) is 16.7 Å². The number of aromatic nitrogens is 3. The number of hydrogen-bond acceptors (Lipinski definition) is 5. The van der Waals surface area contributed by atoms with Gasteiger partial charge in [0.15, 0.2) is 11.6 Å². The third-order valence-electron chi connectivity index (χ3n) is 8.18. The van der Waals surface area contributed by atoms with Crippen molar-refractivity contribution >= 4 is 17.4 Å². The highest BCUT2D eigenvalue weighted by Crippen LogP contribution is 2.61. The second-order valence-electron chi connectivity index (χ2n) is 11.4. The first-order valence-electron chi connectivity index (χ1n) is 13.2. The van der Waals surface area contributed by atoms with Crippen LogP contribution in [0.25, 0.3) is 16.9 Å². The minimum atomic E-state index is -0.874. The summed E-state index contributed by atoms with van der Waals surface area (Å²) in [5.74, 6) is -0.199. The van der Waals surface area contributed by atoms with Gasteiger partial charge in [0.1, 0.15) is 10.8 Å². The second-order valence-corrected chi connectivity index (χ2v) is 11.7. The molecular formula is C31H29ClF2N4O2. The summed E-state index contributed by atoms with van der Waals surface area (Å²) < 4.78 is 30.6. The zero-order valence-corrected chi connectivity index (χ0v) is 23.4. The molecule has 0 amide bonds. The zero-order valence-electron chi connectivity index (χ0n) is 22.6. The molecule has 0 spiro atoms. The van der Waals surface area contributed by atoms with Gasteiger partial charge in [-0.25, -0.2) is 13.8 Å². The van der Waals surface area contributed by atoms with Crippen LogP contribution in [-0.2, 0) is 0 Å². The van der Waals surface area contributed by atoms with Gasteiger partial charge in [-0.3, -0.25) is 14.3 Å². The van der Waals surface area contributed by atoms with Crippen LogP contribution in [0.15, 0.2) is 59.7 Å². The molecule has 0 radical (unpaired) electrons. The van der Waals surface area contributed by atoms with Crippen molar-refractivity contribution in [3.8, 4) is 16.9 Å². The molecule has 6 nitrogen and oxygen atoms in total. The maximum atomic E-state index is 15.6. The first kappa shape index (κ1) is 26.6. The Kier molecular flexibility index (Phi) is 6.31. The van der Waals surface area contributed by atoms with Gasteiger partial charge in [-0.15, -0.1) is 0 Å². The zero-order chi connectivity index (χ0) is 28.5. The van der Waals surface area contributed by atoms with Crippen molar-refractivity contribution in [3.63, 3.8) is 0 Å². The van der Waals surface area contributed by atoms with Gasteiger partial charge in [-0.2, -0.15) is 0 Å². The van der Waals surface area contributed by atoms with Crippen molar-refractivity contribution in [3.05, 3.63) is 104 Å². The molecule has 0 bridgehead atoms. The number of pyridine rings is 3. The van der Waals surface area contributed by atoms with Crippen molar-refractivity contribution in [1.82, 2.24) is 14.5 Å². The molecule has 1 saturated carbocycles. The Hall–Kier alpha value is -3.62. The van der Waals surface area contributed by atoms with E-state index in [4.69, 9.17) is 11.6 Å². The topological polar surface area (TPSA) is 71.2 Å². The number of β-amino-alcohol motifs (C(OH)–C–C–N with tert-alkyl or cyclic N) is 1. The highest BCUT2D eigenvalue weighted by Gasteiger charge is 2.49. The van der Waals surface area contributed by atoms with Crippen LogP contribution in [0.1, 0.15) is 48.1 Å². The van der Waals surface area contributed by atoms with Gasteiger partial charge in [0.2, 0.25) is 0 Å². The Bertz CT molecular complexity index is 1700. The molecule has 4 aromatic rings. The summed E-state index contributed by atoms with van der Waals surface area (Å²) in [6.45, 7) is 8.06. The summed E-state index contributed by atoms with van der Waals surface area (Å²) in [6, 6.07) is 11.7. The quantitative estimate of drug-likeness (QED) is 0.326. The minimum Gasteiger partial charge on any atom is -0.386 e. The lowest BCUT2D eigenvalue weighted by Gasteiger charge is -2.45. The van der Waals surface area contributed by atoms with E-state index in [1.807, 2.05) is 19.9 Å². The maximum Gasteiger partial charge on any atom is 0.274 e. The largest absolute Gasteiger partial charge is 0.386 e. The van der Waals surface area contributed by atoms with Crippen molar-refractivity contribution in [2.45, 2.75) is 45.1 Å². The number of nitrogens with zero attached hydrogens (tertiary/aromatic N) is 4. The third-order valence-corrected chi connectivity index (χ3v) is 8.56. The summed E-state index contributed by atoms with van der Waals surface area (Å²) in [7, 11) is 0. The molecule has 1 aliphatic carbocycles. The maximum absolute atomic E-state index is 15.6. The van der Waals surface area contributed by atoms with E-state index in [-0.39, 0.29) is 58.6 Å². The van der Waals surface area contributed by atoms with E-state index in [0.29, 0.717) is 17.1 Å². The molecule has 3 atom stereocenters. The minimum absolute atomic E-state index is 0.0553. The Morgan fingerprint density at radius 2 is 1.75 bits per heavy atom. The third kappa shape index (κ3) is 4.39. The SMILES string of the molecule is Cc1cnc(-c2ccnc(N3CC(C)(O)C3)c2F)cc1-n1c(C)cc(C2C(C)C2c2ccc(F)cc2)c(Cl)c1=O. The van der Waals surface area contributed by atoms with Crippen LogP contribution in [0.3, 0.4) is 0 Å². The van der Waals surface area contributed by atoms with E-state index < -0.39 is 11.4 Å². The fourth-order valence-corrected chi connectivity index (χ4v) is 6.36. The second kappa shape index (κ2) is 9.49. The number of halogens is 3. The molecule has 2 fully saturated rings. The van der Waals surface area contributed by atoms with Crippen molar-refractivity contribution < 1.29 is 13.9 Å². The van der Waals surface area contributed by atoms with Crippen LogP contribution in [0.2, 0.25) is 5.02 Å². The molecule has 206 valence electrons. The van der Waals surface area contributed by atoms with Gasteiger partial charge in [0.25, 0.3) is 5.56 Å². The molecule has 1 N–H and O–H groups in total. The highest BCUT2D eigenvalue weighted by atomic mass is 35.5. The first-order valence-corrected chi connectivity index (χ1v) is 13.6. The molecule has 9 heteroatoms. The molecule has 4 heterocycles. The fraction of sp³-hybridized carbons (Fsp3) is 0.323. The number of hydrogen-bond donors (Lipinski definition) is 1. The van der Waals surface area contributed by atoms with Crippen LogP contribution in [-0.4, -0.2) is 38.3 Å². The lowest BCUT2D eigenvalue weighted by molar-refractivity contribution is 0.0301. The van der Waals surface area contributed by atoms with Gasteiger partial charge >= 0.3 is 0 Å². The Balaban J connectivity index is 1.37. The molecule has 1 saturated heterocycles. The number of anilines is 1. The normalized spacial score (nSPS) is 21.3. The molecule has 3 aromatic heterocycles. The lowest BCUT2D eigenvalue weighted by Crippen LogP contribution is -2.60. The number of aliphatic hydroxyl groups is 1. The van der Waals surface area contributed by atoms with Gasteiger partial charge in [0.05, 0.1) is 17.0 Å². The van der Waals surface area contributed by atoms with E-state index in [1.165, 1.54) is 18.3 Å². The summed E-state index contributed by atoms with van der Waals surface area (Å²) in [5.41, 5.74) is 3.16. The van der Waals surface area contributed by atoms with Crippen LogP contribution in [0, 0.1) is 31.4 Å². The van der Waals surface area contributed by atoms with E-state index in [1.54, 1.807) is 46.9 Å².